The topological polar surface area (TPSA) is 40.5 Å². The highest BCUT2D eigenvalue weighted by Crippen LogP contribution is 2.10. The first kappa shape index (κ1) is 5.38. The van der Waals surface area contributed by atoms with Crippen LogP contribution in [0.4, 0.5) is 0 Å². The molecule has 1 rings (SSSR count). The minimum absolute atomic E-state index is 0.157. The van der Waals surface area contributed by atoms with Crippen molar-refractivity contribution in [2.45, 2.75) is 0 Å². The van der Waals surface area contributed by atoms with Gasteiger partial charge in [0, 0.05) is 0 Å². The predicted octanol–water partition coefficient (Wildman–Crippen LogP) is 1.40. The number of rotatable bonds is 2. The van der Waals surface area contributed by atoms with E-state index in [-0.39, 0.29) is 5.75 Å². The fraction of sp³-hybridized carbons (Fsp3) is 0.111. The van der Waals surface area contributed by atoms with Crippen molar-refractivity contribution in [3.63, 3.8) is 0 Å². The van der Waals surface area contributed by atoms with Gasteiger partial charge in [-0.2, -0.15) is 0 Å². The van der Waals surface area contributed by atoms with Crippen LogP contribution in [-0.2, 0) is 0 Å². The fourth-order valence-electron chi connectivity index (χ4n) is 0.719. The summed E-state index contributed by atoms with van der Waals surface area (Å²) in [5.74, 6) is 0.157. The average Bonchev–Trinajstić information content (AvgIpc) is 2.02. The molecule has 1 aromatic rings. The molecular weight excluding hydrogens is 146 g/mol. The van der Waals surface area contributed by atoms with Gasteiger partial charge in [-0.15, -0.1) is 0 Å². The monoisotopic (exact) mass is 158 g/mol. The minimum Gasteiger partial charge on any atom is -0.508 e. The van der Waals surface area contributed by atoms with Crippen molar-refractivity contribution in [2.75, 3.05) is 6.56 Å². The van der Waals surface area contributed by atoms with Crippen LogP contribution in [0.1, 0.15) is 8.30 Å². The lowest BCUT2D eigenvalue weighted by Crippen LogP contribution is -1.73. The van der Waals surface area contributed by atoms with Gasteiger partial charge in [-0.05, 0) is 17.7 Å². The third-order valence-electron chi connectivity index (χ3n) is 1.24. The molecule has 0 radical (unpaired) electrons. The fourth-order valence-corrected chi connectivity index (χ4v) is 0.719. The summed E-state index contributed by atoms with van der Waals surface area (Å²) in [6, 6.07) is 6.23. The average molecular weight is 158 g/mol. The van der Waals surface area contributed by atoms with E-state index in [9.17, 15) is 0 Å². The minimum atomic E-state index is -2.29. The Morgan fingerprint density at radius 1 is 1.36 bits per heavy atom. The quantitative estimate of drug-likeness (QED) is 0.682. The molecule has 2 N–H and O–H groups in total. The summed E-state index contributed by atoms with van der Waals surface area (Å²) in [7, 11) is 0. The first-order chi connectivity index (χ1) is 5.97. The molecule has 0 amide bonds. The first-order valence-corrected chi connectivity index (χ1v) is 3.18. The Kier molecular flexibility index (Phi) is 1.85. The molecule has 58 valence electrons. The van der Waals surface area contributed by atoms with Crippen LogP contribution in [0.3, 0.4) is 0 Å². The summed E-state index contributed by atoms with van der Waals surface area (Å²) in [6.07, 6.45) is 2.48. The van der Waals surface area contributed by atoms with E-state index in [1.807, 2.05) is 0 Å². The van der Waals surface area contributed by atoms with Crippen molar-refractivity contribution in [3.05, 3.63) is 35.9 Å². The zero-order valence-corrected chi connectivity index (χ0v) is 5.86. The Balaban J connectivity index is 2.75. The lowest BCUT2D eigenvalue weighted by Gasteiger charge is -1.92. The molecular formula is C9H10O2. The number of aliphatic hydroxyl groups is 1. The third kappa shape index (κ3) is 2.43. The molecule has 0 aromatic heterocycles. The summed E-state index contributed by atoms with van der Waals surface area (Å²) in [6.45, 7) is -2.29. The largest absolute Gasteiger partial charge is 0.508 e. The Bertz CT molecular complexity index is 298. The lowest BCUT2D eigenvalue weighted by atomic mass is 10.6. The van der Waals surface area contributed by atoms with E-state index in [4.69, 9.17) is 13.0 Å². The highest BCUT2D eigenvalue weighted by atomic mass is 16.3. The van der Waals surface area contributed by atoms with Crippen LogP contribution in [0, 0.1) is 0 Å². The third-order valence-corrected chi connectivity index (χ3v) is 1.24. The molecule has 0 bridgehead atoms. The zero-order chi connectivity index (χ0) is 9.90. The van der Waals surface area contributed by atoms with Crippen LogP contribution >= 0.6 is 0 Å². The summed E-state index contributed by atoms with van der Waals surface area (Å²) in [5.41, 5.74) is 0.718. The van der Waals surface area contributed by atoms with E-state index in [0.717, 1.165) is 11.6 Å². The normalized spacial score (nSPS) is 14.6. The second-order valence-electron chi connectivity index (χ2n) is 2.05. The van der Waals surface area contributed by atoms with Crippen molar-refractivity contribution < 1.29 is 13.0 Å². The molecule has 1 aromatic carbocycles. The van der Waals surface area contributed by atoms with Crippen LogP contribution in [0.25, 0.3) is 6.08 Å². The van der Waals surface area contributed by atoms with Crippen LogP contribution in [0.5, 0.6) is 5.75 Å². The van der Waals surface area contributed by atoms with Crippen molar-refractivity contribution in [1.82, 2.24) is 0 Å². The smallest absolute Gasteiger partial charge is 0.115 e. The van der Waals surface area contributed by atoms with Gasteiger partial charge in [-0.3, -0.25) is 0 Å². The number of aromatic hydroxyl groups is 1. The van der Waals surface area contributed by atoms with Crippen LogP contribution < -0.4 is 0 Å². The predicted molar refractivity (Wildman–Crippen MR) is 44.2 cm³/mol. The number of hydrogen-bond acceptors (Lipinski definition) is 2. The van der Waals surface area contributed by atoms with Crippen LogP contribution in [-0.4, -0.2) is 16.8 Å². The molecule has 0 fully saturated rings. The number of phenols is 1. The van der Waals surface area contributed by atoms with Crippen molar-refractivity contribution >= 4 is 6.08 Å². The van der Waals surface area contributed by atoms with E-state index in [1.165, 1.54) is 18.2 Å². The van der Waals surface area contributed by atoms with E-state index in [0.29, 0.717) is 0 Å². The molecule has 0 unspecified atom stereocenters. The molecule has 0 saturated carbocycles. The molecule has 0 heterocycles. The molecule has 0 atom stereocenters. The summed E-state index contributed by atoms with van der Waals surface area (Å²) in [4.78, 5) is 0. The Hall–Kier alpha value is -1.28. The summed E-state index contributed by atoms with van der Waals surface area (Å²) >= 11 is 0. The summed E-state index contributed by atoms with van der Waals surface area (Å²) in [5, 5.41) is 17.7. The highest BCUT2D eigenvalue weighted by Gasteiger charge is 1.85. The maximum absolute atomic E-state index is 8.94. The number of hydrogen-bond donors (Lipinski definition) is 2. The van der Waals surface area contributed by atoms with Gasteiger partial charge in [0.15, 0.2) is 0 Å². The van der Waals surface area contributed by atoms with Gasteiger partial charge >= 0.3 is 0 Å². The van der Waals surface area contributed by atoms with E-state index >= 15 is 0 Å². The maximum atomic E-state index is 8.94. The number of benzene rings is 1. The Labute approximate surface area is 68.2 Å². The molecule has 2 heteroatoms. The Morgan fingerprint density at radius 3 is 2.55 bits per heavy atom. The van der Waals surface area contributed by atoms with Crippen LogP contribution in [0.15, 0.2) is 30.3 Å². The van der Waals surface area contributed by atoms with Crippen LogP contribution in [0.2, 0.25) is 0 Å². The molecule has 0 spiro atoms. The van der Waals surface area contributed by atoms with Gasteiger partial charge in [-0.25, -0.2) is 0 Å². The van der Waals surface area contributed by atoms with Crippen molar-refractivity contribution in [3.8, 4) is 5.75 Å². The second kappa shape index (κ2) is 3.78. The molecule has 11 heavy (non-hydrogen) atoms. The van der Waals surface area contributed by atoms with Gasteiger partial charge in [0.25, 0.3) is 0 Å². The lowest BCUT2D eigenvalue weighted by molar-refractivity contribution is 0.343. The van der Waals surface area contributed by atoms with Crippen molar-refractivity contribution in [1.29, 1.82) is 0 Å². The van der Waals surface area contributed by atoms with E-state index in [2.05, 4.69) is 0 Å². The zero-order valence-electron chi connectivity index (χ0n) is 7.86. The molecule has 2 nitrogen and oxygen atoms in total. The van der Waals surface area contributed by atoms with Crippen molar-refractivity contribution in [2.24, 2.45) is 0 Å². The highest BCUT2D eigenvalue weighted by molar-refractivity contribution is 5.50. The molecule has 0 saturated heterocycles. The van der Waals surface area contributed by atoms with Gasteiger partial charge in [0.05, 0.1) is 9.30 Å². The van der Waals surface area contributed by atoms with E-state index in [1.54, 1.807) is 12.1 Å². The van der Waals surface area contributed by atoms with Gasteiger partial charge in [0.2, 0.25) is 0 Å². The second-order valence-corrected chi connectivity index (χ2v) is 2.05. The van der Waals surface area contributed by atoms with Gasteiger partial charge < -0.3 is 10.2 Å². The molecule has 0 aliphatic heterocycles. The van der Waals surface area contributed by atoms with Gasteiger partial charge in [0.1, 0.15) is 5.75 Å². The Morgan fingerprint density at radius 2 is 2.00 bits per heavy atom. The van der Waals surface area contributed by atoms with Gasteiger partial charge in [-0.1, -0.05) is 24.3 Å². The molecule has 0 aliphatic carbocycles. The molecule has 0 aliphatic rings. The summed E-state index contributed by atoms with van der Waals surface area (Å²) < 4.78 is 13.6. The SMILES string of the molecule is [2H]C([2H])(O)/C=C/[13c]1[13cH][13cH][13c](O)[13cH][13cH]1. The van der Waals surface area contributed by atoms with E-state index < -0.39 is 6.56 Å². The maximum Gasteiger partial charge on any atom is 0.115 e. The first-order valence-electron chi connectivity index (χ1n) is 4.18. The standard InChI is InChI=1S/C9H10O2/c10-7-1-2-8-3-5-9(11)6-4-8/h1-6,10-11H,7H2/b2-1+/i3+1,4+1,5+1,6+1,7D2,8+1,9+1. The number of phenolic OH excluding ortho intramolecular Hbond substituents is 1.